The van der Waals surface area contributed by atoms with Crippen molar-refractivity contribution in [2.24, 2.45) is 17.8 Å². The number of aryl methyl sites for hydroxylation is 1. The molecule has 3 fully saturated rings. The van der Waals surface area contributed by atoms with E-state index in [-0.39, 0.29) is 5.82 Å². The van der Waals surface area contributed by atoms with Crippen LogP contribution in [-0.4, -0.2) is 34.2 Å². The Morgan fingerprint density at radius 3 is 2.67 bits per heavy atom. The average molecular weight is 528 g/mol. The van der Waals surface area contributed by atoms with E-state index in [2.05, 4.69) is 53.9 Å². The van der Waals surface area contributed by atoms with Gasteiger partial charge in [0.2, 0.25) is 0 Å². The van der Waals surface area contributed by atoms with E-state index in [9.17, 15) is 8.78 Å². The van der Waals surface area contributed by atoms with E-state index in [1.54, 1.807) is 4.52 Å². The zero-order valence-corrected chi connectivity index (χ0v) is 22.9. The van der Waals surface area contributed by atoms with Gasteiger partial charge in [-0.2, -0.15) is 5.10 Å². The molecule has 2 aromatic heterocycles. The van der Waals surface area contributed by atoms with E-state index >= 15 is 0 Å². The second-order valence-electron chi connectivity index (χ2n) is 11.9. The molecule has 1 saturated carbocycles. The van der Waals surface area contributed by atoms with Crippen LogP contribution in [0.1, 0.15) is 50.7 Å². The van der Waals surface area contributed by atoms with Gasteiger partial charge in [0, 0.05) is 42.6 Å². The van der Waals surface area contributed by atoms with Gasteiger partial charge in [0.1, 0.15) is 17.5 Å². The van der Waals surface area contributed by atoms with Gasteiger partial charge in [-0.25, -0.2) is 18.3 Å². The highest BCUT2D eigenvalue weighted by Gasteiger charge is 2.64. The van der Waals surface area contributed by atoms with Crippen molar-refractivity contribution in [3.8, 4) is 11.1 Å². The molecular weight excluding hydrogens is 492 g/mol. The second-order valence-corrected chi connectivity index (χ2v) is 11.9. The molecule has 5 nitrogen and oxygen atoms in total. The van der Waals surface area contributed by atoms with E-state index < -0.39 is 11.4 Å². The molecule has 1 aliphatic carbocycles. The summed E-state index contributed by atoms with van der Waals surface area (Å²) in [5, 5.41) is 4.59. The second kappa shape index (κ2) is 9.04. The lowest BCUT2D eigenvalue weighted by molar-refractivity contribution is 0.291. The van der Waals surface area contributed by atoms with Crippen molar-refractivity contribution in [2.75, 3.05) is 29.4 Å². The van der Waals surface area contributed by atoms with Gasteiger partial charge in [-0.3, -0.25) is 0 Å². The number of benzene rings is 2. The van der Waals surface area contributed by atoms with Crippen LogP contribution in [-0.2, 0) is 5.54 Å². The molecule has 0 amide bonds. The molecule has 2 aromatic carbocycles. The fraction of sp³-hybridized carbons (Fsp3) is 0.438. The summed E-state index contributed by atoms with van der Waals surface area (Å²) in [5.41, 5.74) is 5.28. The van der Waals surface area contributed by atoms with Crippen LogP contribution in [0, 0.1) is 36.3 Å². The number of hydrogen-bond donors (Lipinski definition) is 0. The SMILES string of the molecule is CC[C@H]1CCN(c2ccc(-c3cnn4ccc(N5CC[C@H]6C[C@]65c5cc(F)ccc5F)nc34)c(C)c2)C[C@@H]1C. The number of piperidine rings is 2. The van der Waals surface area contributed by atoms with Gasteiger partial charge < -0.3 is 9.80 Å². The number of halogens is 2. The van der Waals surface area contributed by atoms with Crippen LogP contribution in [0.2, 0.25) is 0 Å². The maximum atomic E-state index is 14.9. The highest BCUT2D eigenvalue weighted by atomic mass is 19.1. The summed E-state index contributed by atoms with van der Waals surface area (Å²) >= 11 is 0. The van der Waals surface area contributed by atoms with Crippen LogP contribution in [0.4, 0.5) is 20.3 Å². The maximum Gasteiger partial charge on any atom is 0.165 e. The fourth-order valence-electron chi connectivity index (χ4n) is 7.48. The molecule has 2 saturated heterocycles. The summed E-state index contributed by atoms with van der Waals surface area (Å²) < 4.78 is 30.9. The van der Waals surface area contributed by atoms with Crippen molar-refractivity contribution in [1.82, 2.24) is 14.6 Å². The lowest BCUT2D eigenvalue weighted by atomic mass is 9.85. The fourth-order valence-corrected chi connectivity index (χ4v) is 7.48. The minimum atomic E-state index is -0.516. The highest BCUT2D eigenvalue weighted by molar-refractivity contribution is 5.81. The first-order chi connectivity index (χ1) is 18.9. The van der Waals surface area contributed by atoms with Gasteiger partial charge >= 0.3 is 0 Å². The Morgan fingerprint density at radius 1 is 1.03 bits per heavy atom. The Kier molecular flexibility index (Phi) is 5.69. The van der Waals surface area contributed by atoms with Gasteiger partial charge in [0.15, 0.2) is 5.65 Å². The van der Waals surface area contributed by atoms with Gasteiger partial charge in [0.05, 0.1) is 11.7 Å². The largest absolute Gasteiger partial charge is 0.371 e. The van der Waals surface area contributed by atoms with Crippen molar-refractivity contribution >= 4 is 17.2 Å². The third kappa shape index (κ3) is 3.84. The van der Waals surface area contributed by atoms with E-state index in [4.69, 9.17) is 4.98 Å². The van der Waals surface area contributed by atoms with E-state index in [0.29, 0.717) is 17.4 Å². The third-order valence-corrected chi connectivity index (χ3v) is 9.75. The smallest absolute Gasteiger partial charge is 0.165 e. The van der Waals surface area contributed by atoms with E-state index in [0.717, 1.165) is 61.0 Å². The zero-order valence-electron chi connectivity index (χ0n) is 22.9. The quantitative estimate of drug-likeness (QED) is 0.281. The molecule has 0 spiro atoms. The summed E-state index contributed by atoms with van der Waals surface area (Å²) in [6.45, 7) is 9.81. The maximum absolute atomic E-state index is 14.9. The van der Waals surface area contributed by atoms with Crippen molar-refractivity contribution < 1.29 is 8.78 Å². The Balaban J connectivity index is 1.22. The van der Waals surface area contributed by atoms with E-state index in [1.807, 2.05) is 18.5 Å². The van der Waals surface area contributed by atoms with Crippen LogP contribution < -0.4 is 9.80 Å². The van der Waals surface area contributed by atoms with Gasteiger partial charge in [-0.1, -0.05) is 26.3 Å². The lowest BCUT2D eigenvalue weighted by Crippen LogP contribution is -2.39. The molecule has 0 N–H and O–H groups in total. The molecule has 4 heterocycles. The van der Waals surface area contributed by atoms with Crippen LogP contribution in [0.3, 0.4) is 0 Å². The molecule has 3 aliphatic rings. The van der Waals surface area contributed by atoms with Crippen LogP contribution in [0.15, 0.2) is 54.9 Å². The Morgan fingerprint density at radius 2 is 1.90 bits per heavy atom. The third-order valence-electron chi connectivity index (χ3n) is 9.75. The molecule has 39 heavy (non-hydrogen) atoms. The molecule has 7 heteroatoms. The summed E-state index contributed by atoms with van der Waals surface area (Å²) in [6.07, 6.45) is 8.08. The predicted octanol–water partition coefficient (Wildman–Crippen LogP) is 6.98. The lowest BCUT2D eigenvalue weighted by Gasteiger charge is -2.38. The molecule has 0 unspecified atom stereocenters. The topological polar surface area (TPSA) is 36.7 Å². The number of aromatic nitrogens is 3. The average Bonchev–Trinajstić information content (AvgIpc) is 3.31. The van der Waals surface area contributed by atoms with Crippen molar-refractivity contribution in [1.29, 1.82) is 0 Å². The number of fused-ring (bicyclic) bond motifs is 2. The van der Waals surface area contributed by atoms with Crippen molar-refractivity contribution in [3.63, 3.8) is 0 Å². The van der Waals surface area contributed by atoms with E-state index in [1.165, 1.54) is 42.3 Å². The zero-order chi connectivity index (χ0) is 26.9. The number of nitrogens with zero attached hydrogens (tertiary/aromatic N) is 5. The number of anilines is 2. The molecule has 2 aliphatic heterocycles. The van der Waals surface area contributed by atoms with Crippen molar-refractivity contribution in [3.05, 3.63) is 77.6 Å². The minimum Gasteiger partial charge on any atom is -0.371 e. The standard InChI is InChI=1S/C32H35F2N5/c1-4-22-9-12-37(19-21(22)3)25-6-7-26(20(2)15-25)27-18-35-39-14-11-30(36-31(27)39)38-13-10-23-17-32(23,38)28-16-24(33)5-8-29(28)34/h5-8,11,14-16,18,21-23H,4,9-10,12-13,17,19H2,1-3H3/t21-,22-,23-,32+/m0/s1. The molecule has 7 rings (SSSR count). The Hall–Kier alpha value is -3.48. The molecule has 4 aromatic rings. The molecule has 202 valence electrons. The summed E-state index contributed by atoms with van der Waals surface area (Å²) in [7, 11) is 0. The van der Waals surface area contributed by atoms with Gasteiger partial charge in [-0.15, -0.1) is 0 Å². The van der Waals surface area contributed by atoms with Crippen LogP contribution >= 0.6 is 0 Å². The van der Waals surface area contributed by atoms with Crippen molar-refractivity contribution in [2.45, 2.75) is 52.0 Å². The Bertz CT molecular complexity index is 1560. The van der Waals surface area contributed by atoms with Crippen LogP contribution in [0.25, 0.3) is 16.8 Å². The molecule has 0 bridgehead atoms. The van der Waals surface area contributed by atoms with Gasteiger partial charge in [-0.05, 0) is 91.5 Å². The number of rotatable bonds is 5. The molecular formula is C32H35F2N5. The van der Waals surface area contributed by atoms with Gasteiger partial charge in [0.25, 0.3) is 0 Å². The monoisotopic (exact) mass is 527 g/mol. The first-order valence-corrected chi connectivity index (χ1v) is 14.3. The minimum absolute atomic E-state index is 0.316. The number of hydrogen-bond acceptors (Lipinski definition) is 4. The summed E-state index contributed by atoms with van der Waals surface area (Å²) in [5.74, 6) is 1.88. The Labute approximate surface area is 228 Å². The predicted molar refractivity (Wildman–Crippen MR) is 151 cm³/mol. The summed E-state index contributed by atoms with van der Waals surface area (Å²) in [4.78, 5) is 9.78. The molecule has 0 radical (unpaired) electrons. The first-order valence-electron chi connectivity index (χ1n) is 14.3. The van der Waals surface area contributed by atoms with Crippen LogP contribution in [0.5, 0.6) is 0 Å². The summed E-state index contributed by atoms with van der Waals surface area (Å²) in [6, 6.07) is 12.5. The highest BCUT2D eigenvalue weighted by Crippen LogP contribution is 2.63. The first kappa shape index (κ1) is 24.6. The molecule has 4 atom stereocenters. The normalized spacial score (nSPS) is 26.3.